The number of phenols is 1. The highest BCUT2D eigenvalue weighted by molar-refractivity contribution is 6.05. The number of aromatic nitrogens is 1. The SMILES string of the molecule is CCCC[C@@](C)(C(=O)O)c1c(C)n(C(=O)c2cccc(F)c2)c2ccc(O)cc12. The Morgan fingerprint density at radius 3 is 2.52 bits per heavy atom. The van der Waals surface area contributed by atoms with E-state index >= 15 is 0 Å². The number of halogens is 1. The lowest BCUT2D eigenvalue weighted by atomic mass is 9.76. The highest BCUT2D eigenvalue weighted by Gasteiger charge is 2.40. The Morgan fingerprint density at radius 2 is 1.90 bits per heavy atom. The molecular weight excluding hydrogens is 373 g/mol. The highest BCUT2D eigenvalue weighted by atomic mass is 19.1. The normalized spacial score (nSPS) is 13.4. The fraction of sp³-hybridized carbons (Fsp3) is 0.304. The number of hydrogen-bond donors (Lipinski definition) is 2. The minimum atomic E-state index is -1.24. The number of carboxylic acids is 1. The summed E-state index contributed by atoms with van der Waals surface area (Å²) in [7, 11) is 0. The maximum absolute atomic E-state index is 13.7. The van der Waals surface area contributed by atoms with Crippen molar-refractivity contribution in [3.63, 3.8) is 0 Å². The predicted molar refractivity (Wildman–Crippen MR) is 109 cm³/mol. The molecule has 0 saturated heterocycles. The topological polar surface area (TPSA) is 79.5 Å². The maximum Gasteiger partial charge on any atom is 0.313 e. The minimum absolute atomic E-state index is 0.0164. The Balaban J connectivity index is 2.32. The first-order valence-corrected chi connectivity index (χ1v) is 9.59. The summed E-state index contributed by atoms with van der Waals surface area (Å²) in [5.41, 5.74) is 0.373. The molecule has 1 heterocycles. The highest BCUT2D eigenvalue weighted by Crippen LogP contribution is 2.40. The molecule has 3 aromatic rings. The largest absolute Gasteiger partial charge is 0.508 e. The van der Waals surface area contributed by atoms with Crippen LogP contribution in [0.5, 0.6) is 5.75 Å². The summed E-state index contributed by atoms with van der Waals surface area (Å²) in [5.74, 6) is -1.99. The third-order valence-corrected chi connectivity index (χ3v) is 5.52. The fourth-order valence-corrected chi connectivity index (χ4v) is 3.98. The van der Waals surface area contributed by atoms with E-state index in [0.717, 1.165) is 12.5 Å². The van der Waals surface area contributed by atoms with Crippen LogP contribution >= 0.6 is 0 Å². The average Bonchev–Trinajstić information content (AvgIpc) is 2.96. The molecular formula is C23H24FNO4. The smallest absolute Gasteiger partial charge is 0.313 e. The van der Waals surface area contributed by atoms with E-state index in [2.05, 4.69) is 0 Å². The zero-order valence-electron chi connectivity index (χ0n) is 16.7. The van der Waals surface area contributed by atoms with Gasteiger partial charge in [-0.2, -0.15) is 0 Å². The van der Waals surface area contributed by atoms with Crippen LogP contribution in [0.1, 0.15) is 54.7 Å². The van der Waals surface area contributed by atoms with E-state index in [0.29, 0.717) is 35.0 Å². The van der Waals surface area contributed by atoms with Gasteiger partial charge >= 0.3 is 5.97 Å². The molecule has 152 valence electrons. The van der Waals surface area contributed by atoms with Gasteiger partial charge in [0.05, 0.1) is 10.9 Å². The molecule has 2 aromatic carbocycles. The minimum Gasteiger partial charge on any atom is -0.508 e. The summed E-state index contributed by atoms with van der Waals surface area (Å²) in [6, 6.07) is 9.91. The van der Waals surface area contributed by atoms with Crippen LogP contribution in [-0.4, -0.2) is 26.7 Å². The van der Waals surface area contributed by atoms with Crippen molar-refractivity contribution in [2.75, 3.05) is 0 Å². The second-order valence-corrected chi connectivity index (χ2v) is 7.55. The number of hydrogen-bond acceptors (Lipinski definition) is 3. The first-order chi connectivity index (χ1) is 13.7. The lowest BCUT2D eigenvalue weighted by Crippen LogP contribution is -2.33. The van der Waals surface area contributed by atoms with Crippen molar-refractivity contribution in [2.45, 2.75) is 45.4 Å². The van der Waals surface area contributed by atoms with Gasteiger partial charge < -0.3 is 10.2 Å². The van der Waals surface area contributed by atoms with Gasteiger partial charge in [-0.15, -0.1) is 0 Å². The lowest BCUT2D eigenvalue weighted by molar-refractivity contribution is -0.143. The summed E-state index contributed by atoms with van der Waals surface area (Å²) >= 11 is 0. The van der Waals surface area contributed by atoms with Crippen LogP contribution in [0.4, 0.5) is 4.39 Å². The number of nitrogens with zero attached hydrogens (tertiary/aromatic N) is 1. The standard InChI is InChI=1S/C23H24FNO4/c1-4-5-11-23(3,22(28)29)20-14(2)25(19-10-9-17(26)13-18(19)20)21(27)15-7-6-8-16(24)12-15/h6-10,12-13,26H,4-5,11H2,1-3H3,(H,28,29)/t23-/m1/s1. The molecule has 2 N–H and O–H groups in total. The van der Waals surface area contributed by atoms with Gasteiger partial charge in [0.1, 0.15) is 11.6 Å². The van der Waals surface area contributed by atoms with E-state index in [4.69, 9.17) is 0 Å². The number of unbranched alkanes of at least 4 members (excludes halogenated alkanes) is 1. The van der Waals surface area contributed by atoms with Gasteiger partial charge in [0.25, 0.3) is 5.91 Å². The summed E-state index contributed by atoms with van der Waals surface area (Å²) in [6.45, 7) is 5.32. The number of benzene rings is 2. The predicted octanol–water partition coefficient (Wildman–Crippen LogP) is 5.02. The first kappa shape index (κ1) is 20.6. The molecule has 0 aliphatic heterocycles. The molecule has 0 saturated carbocycles. The number of rotatable bonds is 6. The van der Waals surface area contributed by atoms with Crippen LogP contribution in [0.2, 0.25) is 0 Å². The quantitative estimate of drug-likeness (QED) is 0.612. The Hall–Kier alpha value is -3.15. The molecule has 0 fully saturated rings. The van der Waals surface area contributed by atoms with Crippen LogP contribution in [0.3, 0.4) is 0 Å². The third-order valence-electron chi connectivity index (χ3n) is 5.52. The van der Waals surface area contributed by atoms with Gasteiger partial charge in [0.15, 0.2) is 0 Å². The lowest BCUT2D eigenvalue weighted by Gasteiger charge is -2.26. The van der Waals surface area contributed by atoms with Crippen LogP contribution in [-0.2, 0) is 10.2 Å². The first-order valence-electron chi connectivity index (χ1n) is 9.59. The van der Waals surface area contributed by atoms with Crippen molar-refractivity contribution in [1.29, 1.82) is 0 Å². The number of phenolic OH excluding ortho intramolecular Hbond substituents is 1. The van der Waals surface area contributed by atoms with Gasteiger partial charge in [0, 0.05) is 16.6 Å². The molecule has 0 amide bonds. The number of aromatic hydroxyl groups is 1. The van der Waals surface area contributed by atoms with E-state index in [1.165, 1.54) is 34.9 Å². The molecule has 5 nitrogen and oxygen atoms in total. The van der Waals surface area contributed by atoms with Gasteiger partial charge in [-0.05, 0) is 62.2 Å². The van der Waals surface area contributed by atoms with Crippen LogP contribution in [0, 0.1) is 12.7 Å². The van der Waals surface area contributed by atoms with Crippen molar-refractivity contribution < 1.29 is 24.2 Å². The monoisotopic (exact) mass is 397 g/mol. The summed E-state index contributed by atoms with van der Waals surface area (Å²) in [4.78, 5) is 25.5. The summed E-state index contributed by atoms with van der Waals surface area (Å²) in [5, 5.41) is 20.6. The Kier molecular flexibility index (Phi) is 5.46. The fourth-order valence-electron chi connectivity index (χ4n) is 3.98. The molecule has 6 heteroatoms. The van der Waals surface area contributed by atoms with E-state index in [9.17, 15) is 24.2 Å². The molecule has 3 rings (SSSR count). The second-order valence-electron chi connectivity index (χ2n) is 7.55. The molecule has 0 bridgehead atoms. The van der Waals surface area contributed by atoms with Gasteiger partial charge in [-0.25, -0.2) is 4.39 Å². The molecule has 0 spiro atoms. The molecule has 1 aromatic heterocycles. The van der Waals surface area contributed by atoms with E-state index < -0.39 is 23.1 Å². The molecule has 0 unspecified atom stereocenters. The molecule has 1 atom stereocenters. The Bertz CT molecular complexity index is 1100. The molecule has 0 radical (unpaired) electrons. The van der Waals surface area contributed by atoms with Crippen LogP contribution < -0.4 is 0 Å². The van der Waals surface area contributed by atoms with Crippen LogP contribution in [0.25, 0.3) is 10.9 Å². The number of aliphatic carboxylic acids is 1. The van der Waals surface area contributed by atoms with Crippen molar-refractivity contribution in [3.05, 3.63) is 65.1 Å². The molecule has 29 heavy (non-hydrogen) atoms. The van der Waals surface area contributed by atoms with E-state index in [1.807, 2.05) is 6.92 Å². The van der Waals surface area contributed by atoms with Crippen molar-refractivity contribution in [1.82, 2.24) is 4.57 Å². The van der Waals surface area contributed by atoms with E-state index in [1.54, 1.807) is 19.9 Å². The summed E-state index contributed by atoms with van der Waals surface area (Å²) < 4.78 is 15.1. The molecule has 0 aliphatic rings. The average molecular weight is 397 g/mol. The zero-order valence-corrected chi connectivity index (χ0v) is 16.7. The number of carboxylic acid groups (broad SMARTS) is 1. The van der Waals surface area contributed by atoms with Gasteiger partial charge in [-0.1, -0.05) is 25.8 Å². The van der Waals surface area contributed by atoms with Crippen molar-refractivity contribution >= 4 is 22.8 Å². The van der Waals surface area contributed by atoms with Gasteiger partial charge in [0.2, 0.25) is 0 Å². The Morgan fingerprint density at radius 1 is 1.17 bits per heavy atom. The van der Waals surface area contributed by atoms with Gasteiger partial charge in [-0.3, -0.25) is 14.2 Å². The van der Waals surface area contributed by atoms with E-state index in [-0.39, 0.29) is 11.3 Å². The number of carbonyl (C=O) groups excluding carboxylic acids is 1. The van der Waals surface area contributed by atoms with Crippen molar-refractivity contribution in [2.24, 2.45) is 0 Å². The second kappa shape index (κ2) is 7.70. The summed E-state index contributed by atoms with van der Waals surface area (Å²) in [6.07, 6.45) is 1.92. The number of fused-ring (bicyclic) bond motifs is 1. The van der Waals surface area contributed by atoms with Crippen molar-refractivity contribution in [3.8, 4) is 5.75 Å². The number of carbonyl (C=O) groups is 2. The van der Waals surface area contributed by atoms with Crippen LogP contribution in [0.15, 0.2) is 42.5 Å². The molecule has 0 aliphatic carbocycles. The zero-order chi connectivity index (χ0) is 21.3. The maximum atomic E-state index is 13.7. The third kappa shape index (κ3) is 3.50. The Labute approximate surface area is 168 Å².